The number of aliphatic imine (C=N–C) groups is 1. The predicted molar refractivity (Wildman–Crippen MR) is 90.2 cm³/mol. The summed E-state index contributed by atoms with van der Waals surface area (Å²) < 4.78 is 2.13. The van der Waals surface area contributed by atoms with Crippen LogP contribution in [0.4, 0.5) is 0 Å². The van der Waals surface area contributed by atoms with Crippen molar-refractivity contribution in [3.8, 4) is 5.75 Å². The van der Waals surface area contributed by atoms with Crippen molar-refractivity contribution < 1.29 is 5.11 Å². The lowest BCUT2D eigenvalue weighted by atomic mass is 10.1. The Bertz CT molecular complexity index is 561. The highest BCUT2D eigenvalue weighted by atomic mass is 16.3. The second kappa shape index (κ2) is 8.77. The molecule has 5 heteroatoms. The van der Waals surface area contributed by atoms with Crippen molar-refractivity contribution in [1.29, 1.82) is 0 Å². The number of aryl methyl sites for hydroxylation is 1. The van der Waals surface area contributed by atoms with E-state index in [4.69, 9.17) is 0 Å². The van der Waals surface area contributed by atoms with E-state index in [9.17, 15) is 5.11 Å². The van der Waals surface area contributed by atoms with E-state index >= 15 is 0 Å². The molecule has 118 valence electrons. The Kier molecular flexibility index (Phi) is 6.36. The Morgan fingerprint density at radius 2 is 1.77 bits per heavy atom. The fourth-order valence-electron chi connectivity index (χ4n) is 2.21. The first kappa shape index (κ1) is 15.9. The Morgan fingerprint density at radius 3 is 2.45 bits per heavy atom. The second-order valence-electron chi connectivity index (χ2n) is 5.12. The Balaban J connectivity index is 1.60. The smallest absolute Gasteiger partial charge is 0.191 e. The first-order valence-corrected chi connectivity index (χ1v) is 7.61. The average Bonchev–Trinajstić information content (AvgIpc) is 3.04. The van der Waals surface area contributed by atoms with Crippen LogP contribution in [-0.4, -0.2) is 35.8 Å². The van der Waals surface area contributed by atoms with Gasteiger partial charge in [-0.25, -0.2) is 0 Å². The molecule has 0 radical (unpaired) electrons. The van der Waals surface area contributed by atoms with Crippen molar-refractivity contribution in [3.63, 3.8) is 0 Å². The molecule has 3 N–H and O–H groups in total. The average molecular weight is 300 g/mol. The zero-order valence-corrected chi connectivity index (χ0v) is 13.0. The van der Waals surface area contributed by atoms with Gasteiger partial charge in [0.15, 0.2) is 5.96 Å². The molecule has 0 spiro atoms. The van der Waals surface area contributed by atoms with Crippen LogP contribution in [0.25, 0.3) is 0 Å². The van der Waals surface area contributed by atoms with Crippen LogP contribution in [0, 0.1) is 0 Å². The molecular formula is C17H24N4O. The normalized spacial score (nSPS) is 11.4. The lowest BCUT2D eigenvalue weighted by molar-refractivity contribution is 0.475. The minimum absolute atomic E-state index is 0.314. The molecule has 1 aromatic carbocycles. The SMILES string of the molecule is CN=C(NCCCc1ccc(O)cc1)NCCn1cccc1. The van der Waals surface area contributed by atoms with Crippen molar-refractivity contribution in [1.82, 2.24) is 15.2 Å². The molecule has 0 fully saturated rings. The number of benzene rings is 1. The molecule has 0 atom stereocenters. The van der Waals surface area contributed by atoms with E-state index in [1.807, 2.05) is 24.3 Å². The second-order valence-corrected chi connectivity index (χ2v) is 5.12. The van der Waals surface area contributed by atoms with Gasteiger partial charge < -0.3 is 20.3 Å². The van der Waals surface area contributed by atoms with Gasteiger partial charge in [-0.05, 0) is 42.7 Å². The molecule has 0 aliphatic carbocycles. The third-order valence-electron chi connectivity index (χ3n) is 3.42. The molecule has 5 nitrogen and oxygen atoms in total. The molecule has 0 bridgehead atoms. The van der Waals surface area contributed by atoms with Crippen LogP contribution in [0.5, 0.6) is 5.75 Å². The van der Waals surface area contributed by atoms with Crippen LogP contribution in [0.1, 0.15) is 12.0 Å². The molecule has 0 aliphatic heterocycles. The van der Waals surface area contributed by atoms with Gasteiger partial charge in [0, 0.05) is 39.1 Å². The van der Waals surface area contributed by atoms with Crippen molar-refractivity contribution in [2.75, 3.05) is 20.1 Å². The van der Waals surface area contributed by atoms with Crippen LogP contribution in [0.15, 0.2) is 53.8 Å². The maximum absolute atomic E-state index is 9.25. The molecule has 2 rings (SSSR count). The lowest BCUT2D eigenvalue weighted by Crippen LogP contribution is -2.39. The molecule has 0 saturated heterocycles. The summed E-state index contributed by atoms with van der Waals surface area (Å²) in [6.07, 6.45) is 6.10. The Hall–Kier alpha value is -2.43. The van der Waals surface area contributed by atoms with Crippen molar-refractivity contribution >= 4 is 5.96 Å². The van der Waals surface area contributed by atoms with E-state index in [0.717, 1.165) is 38.4 Å². The molecule has 0 amide bonds. The van der Waals surface area contributed by atoms with E-state index in [2.05, 4.69) is 32.6 Å². The van der Waals surface area contributed by atoms with Gasteiger partial charge in [-0.2, -0.15) is 0 Å². The van der Waals surface area contributed by atoms with E-state index < -0.39 is 0 Å². The summed E-state index contributed by atoms with van der Waals surface area (Å²) in [5.41, 5.74) is 1.23. The highest BCUT2D eigenvalue weighted by molar-refractivity contribution is 5.79. The van der Waals surface area contributed by atoms with E-state index in [1.54, 1.807) is 19.2 Å². The van der Waals surface area contributed by atoms with Gasteiger partial charge in [-0.15, -0.1) is 0 Å². The molecule has 0 unspecified atom stereocenters. The molecule has 0 saturated carbocycles. The van der Waals surface area contributed by atoms with Crippen LogP contribution in [-0.2, 0) is 13.0 Å². The first-order valence-electron chi connectivity index (χ1n) is 7.61. The summed E-state index contributed by atoms with van der Waals surface area (Å²) in [6.45, 7) is 2.62. The molecule has 1 aromatic heterocycles. The molecule has 22 heavy (non-hydrogen) atoms. The standard InChI is InChI=1S/C17H24N4O/c1-18-17(20-11-14-21-12-2-3-13-21)19-10-4-5-15-6-8-16(22)9-7-15/h2-3,6-9,12-13,22H,4-5,10-11,14H2,1H3,(H2,18,19,20). The minimum Gasteiger partial charge on any atom is -0.508 e. The zero-order chi connectivity index (χ0) is 15.6. The maximum atomic E-state index is 9.25. The van der Waals surface area contributed by atoms with Crippen LogP contribution in [0.3, 0.4) is 0 Å². The van der Waals surface area contributed by atoms with Gasteiger partial charge in [-0.1, -0.05) is 12.1 Å². The third kappa shape index (κ3) is 5.52. The number of rotatable bonds is 7. The fourth-order valence-corrected chi connectivity index (χ4v) is 2.21. The van der Waals surface area contributed by atoms with E-state index in [1.165, 1.54) is 5.56 Å². The largest absolute Gasteiger partial charge is 0.508 e. The number of hydrogen-bond acceptors (Lipinski definition) is 2. The monoisotopic (exact) mass is 300 g/mol. The number of nitrogens with zero attached hydrogens (tertiary/aromatic N) is 2. The fraction of sp³-hybridized carbons (Fsp3) is 0.353. The van der Waals surface area contributed by atoms with Gasteiger partial charge >= 0.3 is 0 Å². The van der Waals surface area contributed by atoms with Crippen molar-refractivity contribution in [3.05, 3.63) is 54.4 Å². The first-order chi connectivity index (χ1) is 10.8. The Morgan fingerprint density at radius 1 is 1.09 bits per heavy atom. The minimum atomic E-state index is 0.314. The Labute approximate surface area is 131 Å². The lowest BCUT2D eigenvalue weighted by Gasteiger charge is -2.12. The summed E-state index contributed by atoms with van der Waals surface area (Å²) in [4.78, 5) is 4.22. The van der Waals surface area contributed by atoms with Gasteiger partial charge in [0.05, 0.1) is 0 Å². The summed E-state index contributed by atoms with van der Waals surface area (Å²) in [5, 5.41) is 15.9. The number of guanidine groups is 1. The summed E-state index contributed by atoms with van der Waals surface area (Å²) in [7, 11) is 1.78. The van der Waals surface area contributed by atoms with Crippen molar-refractivity contribution in [2.45, 2.75) is 19.4 Å². The number of hydrogen-bond donors (Lipinski definition) is 3. The highest BCUT2D eigenvalue weighted by Gasteiger charge is 1.98. The van der Waals surface area contributed by atoms with E-state index in [-0.39, 0.29) is 0 Å². The molecule has 1 heterocycles. The molecule has 2 aromatic rings. The van der Waals surface area contributed by atoms with Crippen LogP contribution < -0.4 is 10.6 Å². The zero-order valence-electron chi connectivity index (χ0n) is 13.0. The van der Waals surface area contributed by atoms with Crippen LogP contribution in [0.2, 0.25) is 0 Å². The number of phenols is 1. The van der Waals surface area contributed by atoms with Crippen molar-refractivity contribution in [2.24, 2.45) is 4.99 Å². The number of phenolic OH excluding ortho intramolecular Hbond substituents is 1. The van der Waals surface area contributed by atoms with E-state index in [0.29, 0.717) is 5.75 Å². The number of aromatic hydroxyl groups is 1. The van der Waals surface area contributed by atoms with Gasteiger partial charge in [0.1, 0.15) is 5.75 Å². The maximum Gasteiger partial charge on any atom is 0.191 e. The number of aromatic nitrogens is 1. The summed E-state index contributed by atoms with van der Waals surface area (Å²) in [5.74, 6) is 1.15. The third-order valence-corrected chi connectivity index (χ3v) is 3.42. The van der Waals surface area contributed by atoms with Gasteiger partial charge in [0.25, 0.3) is 0 Å². The summed E-state index contributed by atoms with van der Waals surface area (Å²) >= 11 is 0. The summed E-state index contributed by atoms with van der Waals surface area (Å²) in [6, 6.07) is 11.4. The molecule has 0 aliphatic rings. The highest BCUT2D eigenvalue weighted by Crippen LogP contribution is 2.10. The van der Waals surface area contributed by atoms with Crippen LogP contribution >= 0.6 is 0 Å². The van der Waals surface area contributed by atoms with Gasteiger partial charge in [-0.3, -0.25) is 4.99 Å². The van der Waals surface area contributed by atoms with Gasteiger partial charge in [0.2, 0.25) is 0 Å². The molecular weight excluding hydrogens is 276 g/mol. The topological polar surface area (TPSA) is 61.6 Å². The number of nitrogens with one attached hydrogen (secondary N) is 2. The quantitative estimate of drug-likeness (QED) is 0.416. The predicted octanol–water partition coefficient (Wildman–Crippen LogP) is 1.99.